The van der Waals surface area contributed by atoms with Crippen LogP contribution < -0.4 is 16.4 Å². The van der Waals surface area contributed by atoms with Crippen LogP contribution in [-0.4, -0.2) is 134 Å². The third-order valence-corrected chi connectivity index (χ3v) is 14.8. The predicted molar refractivity (Wildman–Crippen MR) is 248 cm³/mol. The molecule has 8 atom stereocenters. The second-order valence-corrected chi connectivity index (χ2v) is 22.6. The van der Waals surface area contributed by atoms with Crippen LogP contribution in [0, 0.1) is 5.41 Å². The van der Waals surface area contributed by atoms with Gasteiger partial charge in [-0.05, 0) is 6.42 Å². The molecule has 0 aliphatic carbocycles. The Bertz CT molecular complexity index is 2030. The van der Waals surface area contributed by atoms with Crippen LogP contribution in [0.25, 0.3) is 11.2 Å². The molecule has 1 saturated heterocycles. The highest BCUT2D eigenvalue weighted by atomic mass is 32.2. The van der Waals surface area contributed by atoms with Crippen molar-refractivity contribution in [2.75, 3.05) is 37.8 Å². The van der Waals surface area contributed by atoms with Crippen molar-refractivity contribution in [1.82, 2.24) is 30.2 Å². The van der Waals surface area contributed by atoms with Gasteiger partial charge < -0.3 is 56.0 Å². The monoisotopic (exact) mass is 1050 g/mol. The summed E-state index contributed by atoms with van der Waals surface area (Å²) in [5, 5.41) is 36.6. The van der Waals surface area contributed by atoms with Crippen LogP contribution in [0.1, 0.15) is 130 Å². The summed E-state index contributed by atoms with van der Waals surface area (Å²) in [6.07, 6.45) is 8.81. The number of aliphatic hydroxyl groups is 3. The fourth-order valence-electron chi connectivity index (χ4n) is 7.05. The lowest BCUT2D eigenvalue weighted by molar-refractivity contribution is -0.137. The number of carbonyl (C=O) groups is 3. The topological polar surface area (TPSA) is 384 Å². The molecule has 3 rings (SSSR count). The lowest BCUT2D eigenvalue weighted by Crippen LogP contribution is -2.46. The van der Waals surface area contributed by atoms with Crippen molar-refractivity contribution in [1.29, 1.82) is 0 Å². The van der Waals surface area contributed by atoms with Crippen LogP contribution in [0.5, 0.6) is 0 Å². The van der Waals surface area contributed by atoms with Gasteiger partial charge in [0.25, 0.3) is 0 Å². The van der Waals surface area contributed by atoms with Crippen molar-refractivity contribution in [3.63, 3.8) is 0 Å². The molecule has 2 amide bonds. The predicted octanol–water partition coefficient (Wildman–Crippen LogP) is 3.90. The molecule has 25 nitrogen and oxygen atoms in total. The van der Waals surface area contributed by atoms with Crippen molar-refractivity contribution >= 4 is 69.1 Å². The molecule has 2 aromatic rings. The van der Waals surface area contributed by atoms with Crippen LogP contribution in [-0.2, 0) is 50.7 Å². The summed E-state index contributed by atoms with van der Waals surface area (Å²) < 4.78 is 62.4. The van der Waals surface area contributed by atoms with Gasteiger partial charge in [0.05, 0.1) is 25.6 Å². The third kappa shape index (κ3) is 21.9. The Kier molecular flexibility index (Phi) is 25.6. The number of carbonyl (C=O) groups excluding carboxylic acids is 3. The van der Waals surface area contributed by atoms with Gasteiger partial charge in [-0.15, -0.1) is 0 Å². The molecule has 1 fully saturated rings. The number of nitrogens with one attached hydrogen (secondary N) is 2. The molecule has 11 N–H and O–H groups in total. The zero-order chi connectivity index (χ0) is 50.5. The number of unbranched alkanes of at least 4 members (excludes halogenated alkanes) is 12. The van der Waals surface area contributed by atoms with Crippen LogP contribution in [0.4, 0.5) is 5.82 Å². The number of ether oxygens (including phenoxy) is 1. The molecular formula is C39H70N7O18P3S. The summed E-state index contributed by atoms with van der Waals surface area (Å²) in [6.45, 7) is 2.63. The minimum Gasteiger partial charge on any atom is -0.393 e. The quantitative estimate of drug-likeness (QED) is 0.0346. The molecule has 2 aromatic heterocycles. The molecule has 0 radical (unpaired) electrons. The highest BCUT2D eigenvalue weighted by Crippen LogP contribution is 2.61. The number of anilines is 1. The van der Waals surface area contributed by atoms with E-state index in [1.807, 2.05) is 0 Å². The minimum atomic E-state index is -5.59. The van der Waals surface area contributed by atoms with E-state index in [2.05, 4.69) is 41.3 Å². The zero-order valence-electron chi connectivity index (χ0n) is 38.7. The van der Waals surface area contributed by atoms with Gasteiger partial charge in [-0.3, -0.25) is 32.5 Å². The van der Waals surface area contributed by atoms with Gasteiger partial charge in [0.2, 0.25) is 11.8 Å². The van der Waals surface area contributed by atoms with E-state index in [1.54, 1.807) is 0 Å². The van der Waals surface area contributed by atoms with Gasteiger partial charge in [-0.2, -0.15) is 4.31 Å². The molecule has 0 spiro atoms. The number of aromatic nitrogens is 4. The second-order valence-electron chi connectivity index (χ2n) is 17.2. The van der Waals surface area contributed by atoms with E-state index in [-0.39, 0.29) is 53.8 Å². The Labute approximate surface area is 399 Å². The van der Waals surface area contributed by atoms with Gasteiger partial charge in [0.1, 0.15) is 36.3 Å². The summed E-state index contributed by atoms with van der Waals surface area (Å²) in [7, 11) is -16.4. The molecule has 3 heterocycles. The third-order valence-electron chi connectivity index (χ3n) is 10.8. The maximum absolute atomic E-state index is 12.7. The molecule has 0 saturated carbocycles. The fourth-order valence-corrected chi connectivity index (χ4v) is 10.6. The second kappa shape index (κ2) is 29.1. The number of amides is 2. The number of nitrogens with two attached hydrogens (primary N) is 1. The maximum Gasteiger partial charge on any atom is 0.481 e. The van der Waals surface area contributed by atoms with Crippen molar-refractivity contribution in [2.45, 2.75) is 160 Å². The number of aliphatic hydroxyl groups excluding tert-OH is 3. The summed E-state index contributed by atoms with van der Waals surface area (Å²) >= 11 is 1.00. The lowest BCUT2D eigenvalue weighted by Gasteiger charge is -2.30. The van der Waals surface area contributed by atoms with E-state index in [0.29, 0.717) is 6.42 Å². The van der Waals surface area contributed by atoms with Gasteiger partial charge in [-0.1, -0.05) is 116 Å². The van der Waals surface area contributed by atoms with E-state index in [9.17, 15) is 63.0 Å². The molecule has 29 heteroatoms. The average molecular weight is 1050 g/mol. The number of fused-ring (bicyclic) bond motifs is 1. The minimum absolute atomic E-state index is 0.0265. The highest BCUT2D eigenvalue weighted by Gasteiger charge is 2.50. The number of thioether (sulfide) groups is 1. The Hall–Kier alpha value is -2.48. The highest BCUT2D eigenvalue weighted by molar-refractivity contribution is 8.13. The Balaban J connectivity index is 1.31. The van der Waals surface area contributed by atoms with Crippen molar-refractivity contribution < 1.29 is 85.6 Å². The Morgan fingerprint density at radius 3 is 2.10 bits per heavy atom. The van der Waals surface area contributed by atoms with Gasteiger partial charge in [0.15, 0.2) is 22.8 Å². The smallest absolute Gasteiger partial charge is 0.393 e. The first-order valence-corrected chi connectivity index (χ1v) is 28.2. The van der Waals surface area contributed by atoms with Crippen LogP contribution in [0.3, 0.4) is 0 Å². The molecule has 0 bridgehead atoms. The number of phosphoric ester groups is 3. The van der Waals surface area contributed by atoms with Crippen molar-refractivity contribution in [2.24, 2.45) is 5.41 Å². The first kappa shape index (κ1) is 59.8. The summed E-state index contributed by atoms with van der Waals surface area (Å²) in [5.41, 5.74) is 4.26. The lowest BCUT2D eigenvalue weighted by atomic mass is 9.87. The van der Waals surface area contributed by atoms with Crippen LogP contribution >= 0.6 is 35.2 Å². The summed E-state index contributed by atoms with van der Waals surface area (Å²) in [4.78, 5) is 88.4. The number of rotatable bonds is 35. The molecule has 390 valence electrons. The molecule has 0 aromatic carbocycles. The van der Waals surface area contributed by atoms with Gasteiger partial charge in [-0.25, -0.2) is 28.6 Å². The maximum atomic E-state index is 12.7. The van der Waals surface area contributed by atoms with E-state index in [0.717, 1.165) is 48.2 Å². The number of hydrogen-bond acceptors (Lipinski definition) is 19. The fraction of sp³-hybridized carbons (Fsp3) is 0.795. The molecule has 3 unspecified atom stereocenters. The number of imidazole rings is 1. The van der Waals surface area contributed by atoms with E-state index >= 15 is 0 Å². The molecule has 1 aliphatic heterocycles. The SMILES string of the molecule is CCCCCCCCCCCCCCCC(O)CC(=O)SCCNC(=O)CCNC(=O)[C@H](O)C(C)(C)COP(=O)(O)OP(=O)(O)OC[C@H]1O[C@@H](n2cnc3c(N)ncnc32)[C@H](O)[C@@H]1OP(=O)(O)O. The zero-order valence-corrected chi connectivity index (χ0v) is 42.2. The number of nitrogen functional groups attached to an aromatic ring is 1. The largest absolute Gasteiger partial charge is 0.481 e. The Morgan fingerprint density at radius 2 is 1.49 bits per heavy atom. The van der Waals surface area contributed by atoms with Gasteiger partial charge in [0, 0.05) is 37.1 Å². The standard InChI is InChI=1S/C39H70N7O18P3S/c1-4-5-6-7-8-9-10-11-12-13-14-15-16-17-27(47)22-30(49)68-21-20-41-29(48)18-19-42-37(52)34(51)39(2,3)24-61-67(58,59)64-66(56,57)60-23-28-33(63-65(53,54)55)32(50)38(62-28)46-26-45-31-35(40)43-25-44-36(31)46/h25-28,32-34,38,47,50-51H,4-24H2,1-3H3,(H,41,48)(H,42,52)(H,56,57)(H,58,59)(H2,40,43,44)(H2,53,54,55)/t27?,28-,32-,33-,34+,38-/m1/s1. The van der Waals surface area contributed by atoms with Crippen LogP contribution in [0.2, 0.25) is 0 Å². The molecular weight excluding hydrogens is 979 g/mol. The van der Waals surface area contributed by atoms with E-state index in [4.69, 9.17) is 19.5 Å². The number of phosphoric acid groups is 3. The van der Waals surface area contributed by atoms with Crippen LogP contribution in [0.15, 0.2) is 12.7 Å². The molecule has 1 aliphatic rings. The molecule has 68 heavy (non-hydrogen) atoms. The number of hydrogen-bond donors (Lipinski definition) is 10. The van der Waals surface area contributed by atoms with Crippen molar-refractivity contribution in [3.8, 4) is 0 Å². The first-order valence-electron chi connectivity index (χ1n) is 22.7. The van der Waals surface area contributed by atoms with Crippen molar-refractivity contribution in [3.05, 3.63) is 12.7 Å². The van der Waals surface area contributed by atoms with E-state index < -0.39 is 90.7 Å². The van der Waals surface area contributed by atoms with Gasteiger partial charge >= 0.3 is 23.5 Å². The Morgan fingerprint density at radius 1 is 0.882 bits per heavy atom. The van der Waals surface area contributed by atoms with E-state index in [1.165, 1.54) is 78.1 Å². The normalized spacial score (nSPS) is 20.4. The average Bonchev–Trinajstić information content (AvgIpc) is 3.82. The first-order chi connectivity index (χ1) is 31.9. The number of nitrogens with zero attached hydrogens (tertiary/aromatic N) is 4. The summed E-state index contributed by atoms with van der Waals surface area (Å²) in [5.74, 6) is -1.21. The summed E-state index contributed by atoms with van der Waals surface area (Å²) in [6, 6.07) is 0.